The molecule has 1 aromatic rings. The second-order valence-electron chi connectivity index (χ2n) is 6.39. The summed E-state index contributed by atoms with van der Waals surface area (Å²) in [6.45, 7) is 4.80. The molecule has 4 atom stereocenters. The molecule has 1 fully saturated rings. The van der Waals surface area contributed by atoms with Crippen LogP contribution in [-0.2, 0) is 19.0 Å². The van der Waals surface area contributed by atoms with Crippen LogP contribution in [0.1, 0.15) is 46.3 Å². The lowest BCUT2D eigenvalue weighted by molar-refractivity contribution is -0.156. The summed E-state index contributed by atoms with van der Waals surface area (Å²) in [5.74, 6) is -2.32. The van der Waals surface area contributed by atoms with E-state index in [1.807, 2.05) is 6.92 Å². The number of hydrogen-bond donors (Lipinski definition) is 2. The van der Waals surface area contributed by atoms with Crippen LogP contribution in [0.4, 0.5) is 15.0 Å². The third-order valence-corrected chi connectivity index (χ3v) is 4.14. The molecular formula is C17H24FN3O7. The van der Waals surface area contributed by atoms with Crippen LogP contribution < -0.4 is 11.0 Å². The number of carbonyl (C=O) groups excluding carboxylic acids is 2. The second kappa shape index (κ2) is 9.60. The van der Waals surface area contributed by atoms with Crippen molar-refractivity contribution in [1.82, 2.24) is 9.55 Å². The molecule has 2 heterocycles. The zero-order chi connectivity index (χ0) is 20.8. The number of nitrogens with zero attached hydrogens (tertiary/aromatic N) is 2. The Hall–Kier alpha value is -2.53. The van der Waals surface area contributed by atoms with Gasteiger partial charge in [0.1, 0.15) is 6.10 Å². The third-order valence-electron chi connectivity index (χ3n) is 4.14. The molecule has 10 nitrogen and oxygen atoms in total. The van der Waals surface area contributed by atoms with Crippen molar-refractivity contribution in [2.45, 2.75) is 64.6 Å². The normalized spacial score (nSPS) is 24.0. The molecule has 2 rings (SSSR count). The maximum atomic E-state index is 14.4. The molecule has 1 aliphatic heterocycles. The van der Waals surface area contributed by atoms with Gasteiger partial charge in [-0.05, 0) is 13.3 Å². The summed E-state index contributed by atoms with van der Waals surface area (Å²) in [5, 5.41) is 12.2. The van der Waals surface area contributed by atoms with Crippen molar-refractivity contribution in [2.75, 3.05) is 11.9 Å². The highest BCUT2D eigenvalue weighted by molar-refractivity contribution is 5.83. The topological polar surface area (TPSA) is 129 Å². The smallest absolute Gasteiger partial charge is 0.412 e. The maximum Gasteiger partial charge on any atom is 0.412 e. The first kappa shape index (κ1) is 21.8. The summed E-state index contributed by atoms with van der Waals surface area (Å²) in [6.07, 6.45) is -2.13. The molecular weight excluding hydrogens is 377 g/mol. The number of nitrogens with one attached hydrogen (secondary N) is 1. The lowest BCUT2D eigenvalue weighted by Crippen LogP contribution is -2.38. The predicted octanol–water partition coefficient (Wildman–Crippen LogP) is 1.33. The largest absolute Gasteiger partial charge is 0.455 e. The Morgan fingerprint density at radius 3 is 2.79 bits per heavy atom. The number of unbranched alkanes of at least 4 members (excludes halogenated alkanes) is 2. The minimum Gasteiger partial charge on any atom is -0.455 e. The Bertz CT molecular complexity index is 770. The van der Waals surface area contributed by atoms with Crippen LogP contribution in [0.15, 0.2) is 11.0 Å². The van der Waals surface area contributed by atoms with Crippen molar-refractivity contribution in [3.63, 3.8) is 0 Å². The van der Waals surface area contributed by atoms with Crippen LogP contribution >= 0.6 is 0 Å². The van der Waals surface area contributed by atoms with Crippen LogP contribution in [-0.4, -0.2) is 51.6 Å². The average Bonchev–Trinajstić information content (AvgIpc) is 2.89. The van der Waals surface area contributed by atoms with Gasteiger partial charge in [-0.1, -0.05) is 19.8 Å². The molecule has 0 aromatic carbocycles. The van der Waals surface area contributed by atoms with E-state index in [0.717, 1.165) is 30.5 Å². The predicted molar refractivity (Wildman–Crippen MR) is 94.1 cm³/mol. The summed E-state index contributed by atoms with van der Waals surface area (Å²) in [5.41, 5.74) is -0.967. The van der Waals surface area contributed by atoms with E-state index >= 15 is 0 Å². The number of anilines is 1. The van der Waals surface area contributed by atoms with Crippen molar-refractivity contribution < 1.29 is 33.3 Å². The van der Waals surface area contributed by atoms with Crippen LogP contribution in [0.5, 0.6) is 0 Å². The second-order valence-corrected chi connectivity index (χ2v) is 6.39. The fraction of sp³-hybridized carbons (Fsp3) is 0.647. The molecule has 11 heteroatoms. The molecule has 1 aliphatic rings. The molecule has 0 saturated carbocycles. The number of aliphatic hydroxyl groups excluding tert-OH is 1. The van der Waals surface area contributed by atoms with Gasteiger partial charge in [-0.2, -0.15) is 4.98 Å². The molecule has 0 radical (unpaired) electrons. The lowest BCUT2D eigenvalue weighted by atomic mass is 10.1. The third kappa shape index (κ3) is 5.26. The van der Waals surface area contributed by atoms with Gasteiger partial charge in [0.05, 0.1) is 18.9 Å². The van der Waals surface area contributed by atoms with E-state index in [0.29, 0.717) is 6.42 Å². The highest BCUT2D eigenvalue weighted by Gasteiger charge is 2.45. The van der Waals surface area contributed by atoms with E-state index in [1.54, 1.807) is 0 Å². The molecule has 1 saturated heterocycles. The van der Waals surface area contributed by atoms with Gasteiger partial charge < -0.3 is 19.3 Å². The van der Waals surface area contributed by atoms with Crippen LogP contribution in [0.2, 0.25) is 0 Å². The van der Waals surface area contributed by atoms with E-state index in [2.05, 4.69) is 10.3 Å². The minimum atomic E-state index is -1.27. The van der Waals surface area contributed by atoms with E-state index in [4.69, 9.17) is 14.2 Å². The van der Waals surface area contributed by atoms with Gasteiger partial charge >= 0.3 is 17.8 Å². The maximum absolute atomic E-state index is 14.4. The van der Waals surface area contributed by atoms with E-state index in [1.165, 1.54) is 6.92 Å². The van der Waals surface area contributed by atoms with Gasteiger partial charge in [0.15, 0.2) is 24.0 Å². The zero-order valence-electron chi connectivity index (χ0n) is 15.9. The lowest BCUT2D eigenvalue weighted by Gasteiger charge is -2.21. The number of amides is 1. The Morgan fingerprint density at radius 1 is 1.43 bits per heavy atom. The van der Waals surface area contributed by atoms with Crippen molar-refractivity contribution >= 4 is 17.9 Å². The quantitative estimate of drug-likeness (QED) is 0.517. The SMILES string of the molecule is CCCCCOC(=O)Nc1nc(=O)n(C2O[C@H](C)[C@@H](O)[C@H]2OC(C)=O)cc1F. The van der Waals surface area contributed by atoms with Crippen molar-refractivity contribution in [3.05, 3.63) is 22.5 Å². The number of esters is 1. The van der Waals surface area contributed by atoms with E-state index < -0.39 is 53.9 Å². The fourth-order valence-electron chi connectivity index (χ4n) is 2.72. The summed E-state index contributed by atoms with van der Waals surface area (Å²) < 4.78 is 30.4. The number of aliphatic hydroxyl groups is 1. The van der Waals surface area contributed by atoms with Crippen molar-refractivity contribution in [1.29, 1.82) is 0 Å². The van der Waals surface area contributed by atoms with Gasteiger partial charge in [0, 0.05) is 6.92 Å². The summed E-state index contributed by atoms with van der Waals surface area (Å²) >= 11 is 0. The molecule has 0 bridgehead atoms. The molecule has 2 N–H and O–H groups in total. The van der Waals surface area contributed by atoms with Gasteiger partial charge in [-0.25, -0.2) is 14.0 Å². The van der Waals surface area contributed by atoms with E-state index in [-0.39, 0.29) is 6.61 Å². The molecule has 0 spiro atoms. The number of ether oxygens (including phenoxy) is 3. The number of halogens is 1. The molecule has 1 amide bonds. The Morgan fingerprint density at radius 2 is 2.14 bits per heavy atom. The first-order valence-corrected chi connectivity index (χ1v) is 8.97. The zero-order valence-corrected chi connectivity index (χ0v) is 15.9. The van der Waals surface area contributed by atoms with Gasteiger partial charge in [0.2, 0.25) is 0 Å². The molecule has 1 aromatic heterocycles. The first-order valence-electron chi connectivity index (χ1n) is 8.97. The fourth-order valence-corrected chi connectivity index (χ4v) is 2.72. The number of aromatic nitrogens is 2. The number of hydrogen-bond acceptors (Lipinski definition) is 8. The van der Waals surface area contributed by atoms with Gasteiger partial charge in [-0.3, -0.25) is 14.7 Å². The summed E-state index contributed by atoms with van der Waals surface area (Å²) in [6, 6.07) is 0. The Labute approximate surface area is 160 Å². The van der Waals surface area contributed by atoms with Gasteiger partial charge in [-0.15, -0.1) is 0 Å². The summed E-state index contributed by atoms with van der Waals surface area (Å²) in [4.78, 5) is 38.7. The number of carbonyl (C=O) groups is 2. The monoisotopic (exact) mass is 401 g/mol. The highest BCUT2D eigenvalue weighted by atomic mass is 19.1. The standard InChI is InChI=1S/C17H24FN3O7/c1-4-5-6-7-26-17(25)20-14-11(18)8-21(16(24)19-14)15-13(28-10(3)22)12(23)9(2)27-15/h8-9,12-13,15,23H,4-7H2,1-3H3,(H,19,20,24,25)/t9-,12-,13-,15?/m1/s1. The van der Waals surface area contributed by atoms with Crippen LogP contribution in [0.25, 0.3) is 0 Å². The highest BCUT2D eigenvalue weighted by Crippen LogP contribution is 2.31. The molecule has 1 unspecified atom stereocenters. The van der Waals surface area contributed by atoms with Crippen molar-refractivity contribution in [2.24, 2.45) is 0 Å². The van der Waals surface area contributed by atoms with E-state index in [9.17, 15) is 23.9 Å². The van der Waals surface area contributed by atoms with Crippen molar-refractivity contribution in [3.8, 4) is 0 Å². The van der Waals surface area contributed by atoms with Crippen LogP contribution in [0, 0.1) is 5.82 Å². The minimum absolute atomic E-state index is 0.161. The van der Waals surface area contributed by atoms with Gasteiger partial charge in [0.25, 0.3) is 0 Å². The molecule has 0 aliphatic carbocycles. The molecule has 156 valence electrons. The Kier molecular flexibility index (Phi) is 7.46. The summed E-state index contributed by atoms with van der Waals surface area (Å²) in [7, 11) is 0. The van der Waals surface area contributed by atoms with Crippen LogP contribution in [0.3, 0.4) is 0 Å². The first-order chi connectivity index (χ1) is 13.2. The Balaban J connectivity index is 2.15. The molecule has 28 heavy (non-hydrogen) atoms. The number of rotatable bonds is 7. The average molecular weight is 401 g/mol.